The van der Waals surface area contributed by atoms with E-state index in [0.29, 0.717) is 35.7 Å². The molecule has 1 N–H and O–H groups in total. The van der Waals surface area contributed by atoms with Crippen molar-refractivity contribution in [2.24, 2.45) is 4.99 Å². The van der Waals surface area contributed by atoms with Gasteiger partial charge >= 0.3 is 0 Å². The maximum absolute atomic E-state index is 6.51. The first-order valence-corrected chi connectivity index (χ1v) is 9.57. The van der Waals surface area contributed by atoms with Crippen molar-refractivity contribution in [2.45, 2.75) is 13.5 Å². The molecule has 146 valence electrons. The molecule has 0 amide bonds. The molecular weight excluding hydrogens is 388 g/mol. The van der Waals surface area contributed by atoms with Gasteiger partial charge in [-0.2, -0.15) is 10.1 Å². The number of benzene rings is 3. The summed E-state index contributed by atoms with van der Waals surface area (Å²) >= 11 is 6.51. The van der Waals surface area contributed by atoms with Crippen LogP contribution in [0.2, 0.25) is 5.02 Å². The van der Waals surface area contributed by atoms with Crippen LogP contribution in [0.25, 0.3) is 10.8 Å². The minimum absolute atomic E-state index is 0.382. The molecule has 6 nitrogen and oxygen atoms in total. The molecule has 4 aromatic rings. The highest BCUT2D eigenvalue weighted by atomic mass is 35.5. The van der Waals surface area contributed by atoms with Gasteiger partial charge in [-0.25, -0.2) is 10.1 Å². The first kappa shape index (κ1) is 19.0. The number of ether oxygens (including phenoxy) is 2. The van der Waals surface area contributed by atoms with Crippen LogP contribution in [0.15, 0.2) is 65.9 Å². The molecule has 0 radical (unpaired) electrons. The molecule has 0 aliphatic rings. The predicted molar refractivity (Wildman–Crippen MR) is 115 cm³/mol. The topological polar surface area (TPSA) is 72.4 Å². The van der Waals surface area contributed by atoms with E-state index in [-0.39, 0.29) is 0 Å². The Labute approximate surface area is 173 Å². The lowest BCUT2D eigenvalue weighted by molar-refractivity contribution is 0.270. The van der Waals surface area contributed by atoms with Crippen LogP contribution in [0.1, 0.15) is 18.1 Å². The Morgan fingerprint density at radius 3 is 2.79 bits per heavy atom. The smallest absolute Gasteiger partial charge is 0.245 e. The van der Waals surface area contributed by atoms with Crippen molar-refractivity contribution in [1.82, 2.24) is 15.2 Å². The molecule has 1 aromatic heterocycles. The van der Waals surface area contributed by atoms with E-state index < -0.39 is 0 Å². The van der Waals surface area contributed by atoms with Crippen LogP contribution < -0.4 is 9.47 Å². The van der Waals surface area contributed by atoms with Crippen LogP contribution >= 0.6 is 11.6 Å². The third-order valence-electron chi connectivity index (χ3n) is 4.32. The molecule has 0 aliphatic heterocycles. The SMILES string of the molecule is CCOc1cc(/C=N/c2ncn[nH]2)cc(Cl)c1OCc1cccc2ccccc12. The van der Waals surface area contributed by atoms with Gasteiger partial charge in [-0.3, -0.25) is 0 Å². The van der Waals surface area contributed by atoms with E-state index in [1.54, 1.807) is 12.3 Å². The summed E-state index contributed by atoms with van der Waals surface area (Å²) in [5, 5.41) is 9.22. The Morgan fingerprint density at radius 1 is 1.10 bits per heavy atom. The van der Waals surface area contributed by atoms with E-state index in [4.69, 9.17) is 21.1 Å². The van der Waals surface area contributed by atoms with Gasteiger partial charge in [-0.15, -0.1) is 0 Å². The molecule has 7 heteroatoms. The Hall–Kier alpha value is -3.38. The maximum atomic E-state index is 6.51. The van der Waals surface area contributed by atoms with Gasteiger partial charge < -0.3 is 9.47 Å². The standard InChI is InChI=1S/C22H19ClN4O2/c1-2-28-20-11-15(12-24-22-25-14-26-27-22)10-19(23)21(20)29-13-17-8-5-7-16-6-3-4-9-18(16)17/h3-12,14H,2,13H2,1H3,(H,25,26,27)/b24-12+. The molecule has 0 bridgehead atoms. The molecule has 0 atom stereocenters. The number of aliphatic imine (C=N–C) groups is 1. The van der Waals surface area contributed by atoms with Crippen molar-refractivity contribution in [3.05, 3.63) is 77.1 Å². The lowest BCUT2D eigenvalue weighted by Gasteiger charge is -2.15. The molecule has 0 spiro atoms. The number of H-pyrrole nitrogens is 1. The molecule has 0 saturated carbocycles. The van der Waals surface area contributed by atoms with E-state index >= 15 is 0 Å². The van der Waals surface area contributed by atoms with Crippen LogP contribution in [0.5, 0.6) is 11.5 Å². The molecule has 0 unspecified atom stereocenters. The quantitative estimate of drug-likeness (QED) is 0.420. The van der Waals surface area contributed by atoms with E-state index in [9.17, 15) is 0 Å². The molecule has 3 aromatic carbocycles. The number of aromatic amines is 1. The molecule has 0 saturated heterocycles. The third-order valence-corrected chi connectivity index (χ3v) is 4.60. The van der Waals surface area contributed by atoms with E-state index in [0.717, 1.165) is 16.5 Å². The minimum Gasteiger partial charge on any atom is -0.490 e. The van der Waals surface area contributed by atoms with Crippen molar-refractivity contribution in [2.75, 3.05) is 6.61 Å². The van der Waals surface area contributed by atoms with Gasteiger partial charge in [0.05, 0.1) is 11.6 Å². The molecule has 1 heterocycles. The largest absolute Gasteiger partial charge is 0.490 e. The summed E-state index contributed by atoms with van der Waals surface area (Å²) < 4.78 is 11.9. The van der Waals surface area contributed by atoms with Gasteiger partial charge in [0.2, 0.25) is 5.95 Å². The van der Waals surface area contributed by atoms with Crippen molar-refractivity contribution < 1.29 is 9.47 Å². The van der Waals surface area contributed by atoms with Gasteiger partial charge in [0, 0.05) is 6.21 Å². The zero-order valence-corrected chi connectivity index (χ0v) is 16.6. The molecule has 4 rings (SSSR count). The Bertz CT molecular complexity index is 1140. The van der Waals surface area contributed by atoms with Crippen LogP contribution in [-0.4, -0.2) is 28.0 Å². The van der Waals surface area contributed by atoms with E-state index in [1.165, 1.54) is 11.7 Å². The Kier molecular flexibility index (Phi) is 5.72. The lowest BCUT2D eigenvalue weighted by Crippen LogP contribution is -2.02. The fraction of sp³-hybridized carbons (Fsp3) is 0.136. The Balaban J connectivity index is 1.60. The summed E-state index contributed by atoms with van der Waals surface area (Å²) in [5.74, 6) is 1.49. The molecule has 0 aliphatic carbocycles. The van der Waals surface area contributed by atoms with E-state index in [1.807, 2.05) is 31.2 Å². The van der Waals surface area contributed by atoms with Crippen molar-refractivity contribution >= 4 is 34.5 Å². The monoisotopic (exact) mass is 406 g/mol. The van der Waals surface area contributed by atoms with Crippen LogP contribution in [0.4, 0.5) is 5.95 Å². The number of aromatic nitrogens is 3. The summed E-state index contributed by atoms with van der Waals surface area (Å²) in [7, 11) is 0. The summed E-state index contributed by atoms with van der Waals surface area (Å²) in [6, 6.07) is 18.0. The number of hydrogen-bond donors (Lipinski definition) is 1. The average molecular weight is 407 g/mol. The van der Waals surface area contributed by atoms with Crippen LogP contribution in [-0.2, 0) is 6.61 Å². The maximum Gasteiger partial charge on any atom is 0.245 e. The molecule has 0 fully saturated rings. The van der Waals surface area contributed by atoms with Gasteiger partial charge in [0.15, 0.2) is 11.5 Å². The van der Waals surface area contributed by atoms with Crippen LogP contribution in [0, 0.1) is 0 Å². The zero-order valence-electron chi connectivity index (χ0n) is 15.8. The predicted octanol–water partition coefficient (Wildman–Crippen LogP) is 5.34. The van der Waals surface area contributed by atoms with Gasteiger partial charge in [0.1, 0.15) is 12.9 Å². The second kappa shape index (κ2) is 8.75. The number of nitrogens with one attached hydrogen (secondary N) is 1. The third kappa shape index (κ3) is 4.38. The summed E-state index contributed by atoms with van der Waals surface area (Å²) in [6.45, 7) is 2.79. The van der Waals surface area contributed by atoms with Gasteiger partial charge in [-0.1, -0.05) is 54.1 Å². The van der Waals surface area contributed by atoms with Gasteiger partial charge in [-0.05, 0) is 41.0 Å². The second-order valence-electron chi connectivity index (χ2n) is 6.26. The van der Waals surface area contributed by atoms with Crippen molar-refractivity contribution in [3.8, 4) is 11.5 Å². The molecular formula is C22H19ClN4O2. The number of halogens is 1. The average Bonchev–Trinajstić information content (AvgIpc) is 3.26. The fourth-order valence-corrected chi connectivity index (χ4v) is 3.30. The minimum atomic E-state index is 0.382. The van der Waals surface area contributed by atoms with Crippen molar-refractivity contribution in [3.63, 3.8) is 0 Å². The highest BCUT2D eigenvalue weighted by Crippen LogP contribution is 2.37. The highest BCUT2D eigenvalue weighted by molar-refractivity contribution is 6.32. The molecule has 29 heavy (non-hydrogen) atoms. The fourth-order valence-electron chi connectivity index (χ4n) is 3.03. The first-order valence-electron chi connectivity index (χ1n) is 9.20. The lowest BCUT2D eigenvalue weighted by atomic mass is 10.1. The zero-order chi connectivity index (χ0) is 20.1. The number of hydrogen-bond acceptors (Lipinski definition) is 5. The highest BCUT2D eigenvalue weighted by Gasteiger charge is 2.13. The van der Waals surface area contributed by atoms with E-state index in [2.05, 4.69) is 44.4 Å². The number of fused-ring (bicyclic) bond motifs is 1. The number of rotatable bonds is 7. The first-order chi connectivity index (χ1) is 14.2. The van der Waals surface area contributed by atoms with Crippen LogP contribution in [0.3, 0.4) is 0 Å². The summed E-state index contributed by atoms with van der Waals surface area (Å²) in [5.41, 5.74) is 1.85. The van der Waals surface area contributed by atoms with Crippen molar-refractivity contribution in [1.29, 1.82) is 0 Å². The Morgan fingerprint density at radius 2 is 1.97 bits per heavy atom. The summed E-state index contributed by atoms with van der Waals surface area (Å²) in [6.07, 6.45) is 3.04. The second-order valence-corrected chi connectivity index (χ2v) is 6.66. The van der Waals surface area contributed by atoms with Gasteiger partial charge in [0.25, 0.3) is 0 Å². The number of nitrogens with zero attached hydrogens (tertiary/aromatic N) is 3. The summed E-state index contributed by atoms with van der Waals surface area (Å²) in [4.78, 5) is 8.19. The normalized spacial score (nSPS) is 11.2.